The third-order valence-electron chi connectivity index (χ3n) is 4.86. The van der Waals surface area contributed by atoms with Crippen LogP contribution in [0.4, 0.5) is 0 Å². The maximum Gasteiger partial charge on any atom is 0.311 e. The second-order valence-corrected chi connectivity index (χ2v) is 7.33. The zero-order valence-corrected chi connectivity index (χ0v) is 13.0. The van der Waals surface area contributed by atoms with E-state index in [1.165, 1.54) is 11.9 Å². The van der Waals surface area contributed by atoms with Crippen LogP contribution in [0.2, 0.25) is 0 Å². The fraction of sp³-hybridized carbons (Fsp3) is 0.800. The van der Waals surface area contributed by atoms with Crippen molar-refractivity contribution < 1.29 is 23.9 Å². The van der Waals surface area contributed by atoms with Gasteiger partial charge in [0.05, 0.1) is 23.4 Å². The van der Waals surface area contributed by atoms with Gasteiger partial charge < -0.3 is 9.47 Å². The van der Waals surface area contributed by atoms with E-state index in [1.54, 1.807) is 20.8 Å². The summed E-state index contributed by atoms with van der Waals surface area (Å²) in [6.45, 7) is 7.27. The highest BCUT2D eigenvalue weighted by Gasteiger charge is 2.68. The van der Waals surface area contributed by atoms with Gasteiger partial charge in [0, 0.05) is 13.0 Å². The summed E-state index contributed by atoms with van der Waals surface area (Å²) in [6.07, 6.45) is -1.28. The predicted octanol–water partition coefficient (Wildman–Crippen LogP) is 0.592. The van der Waals surface area contributed by atoms with Gasteiger partial charge in [-0.15, -0.1) is 0 Å². The Bertz CT molecular complexity index is 523. The molecule has 2 amide bonds. The topological polar surface area (TPSA) is 72.9 Å². The minimum Gasteiger partial charge on any atom is -0.459 e. The highest BCUT2D eigenvalue weighted by atomic mass is 16.6. The summed E-state index contributed by atoms with van der Waals surface area (Å²) in [5.74, 6) is -1.69. The lowest BCUT2D eigenvalue weighted by molar-refractivity contribution is -0.165. The number of fused-ring (bicyclic) bond motifs is 5. The lowest BCUT2D eigenvalue weighted by Crippen LogP contribution is -2.46. The first kappa shape index (κ1) is 14.5. The van der Waals surface area contributed by atoms with Crippen molar-refractivity contribution in [2.75, 3.05) is 7.05 Å². The van der Waals surface area contributed by atoms with E-state index in [2.05, 4.69) is 0 Å². The van der Waals surface area contributed by atoms with Gasteiger partial charge >= 0.3 is 5.97 Å². The summed E-state index contributed by atoms with van der Waals surface area (Å²) in [7, 11) is 1.50. The molecule has 2 bridgehead atoms. The molecule has 3 saturated heterocycles. The molecule has 3 rings (SSSR count). The number of ether oxygens (including phenoxy) is 2. The van der Waals surface area contributed by atoms with Gasteiger partial charge in [0.1, 0.15) is 12.2 Å². The largest absolute Gasteiger partial charge is 0.459 e. The van der Waals surface area contributed by atoms with Crippen LogP contribution in [0.25, 0.3) is 0 Å². The third-order valence-corrected chi connectivity index (χ3v) is 4.86. The maximum absolute atomic E-state index is 12.2. The molecule has 3 aliphatic heterocycles. The highest BCUT2D eigenvalue weighted by molar-refractivity contribution is 6.06. The van der Waals surface area contributed by atoms with Crippen molar-refractivity contribution in [2.45, 2.75) is 46.0 Å². The van der Waals surface area contributed by atoms with Crippen LogP contribution >= 0.6 is 0 Å². The number of carbonyl (C=O) groups is 3. The van der Waals surface area contributed by atoms with Crippen molar-refractivity contribution in [1.29, 1.82) is 0 Å². The Morgan fingerprint density at radius 3 is 2.19 bits per heavy atom. The van der Waals surface area contributed by atoms with E-state index in [4.69, 9.17) is 9.47 Å². The van der Waals surface area contributed by atoms with Crippen LogP contribution in [0.5, 0.6) is 0 Å². The van der Waals surface area contributed by atoms with Crippen LogP contribution in [0.1, 0.15) is 27.7 Å². The number of imide groups is 1. The molecule has 6 heteroatoms. The molecular weight excluding hydrogens is 274 g/mol. The van der Waals surface area contributed by atoms with Crippen molar-refractivity contribution in [3.05, 3.63) is 0 Å². The quantitative estimate of drug-likeness (QED) is 0.523. The Kier molecular flexibility index (Phi) is 2.96. The Hall–Kier alpha value is -1.43. The number of esters is 1. The Morgan fingerprint density at radius 2 is 1.67 bits per heavy atom. The van der Waals surface area contributed by atoms with Crippen molar-refractivity contribution >= 4 is 17.8 Å². The second-order valence-electron chi connectivity index (χ2n) is 7.33. The highest BCUT2D eigenvalue weighted by Crippen LogP contribution is 2.52. The summed E-state index contributed by atoms with van der Waals surface area (Å²) in [5.41, 5.74) is -0.604. The minimum atomic E-state index is -0.604. The van der Waals surface area contributed by atoms with Crippen molar-refractivity contribution in [3.63, 3.8) is 0 Å². The maximum atomic E-state index is 12.2. The predicted molar refractivity (Wildman–Crippen MR) is 71.9 cm³/mol. The van der Waals surface area contributed by atoms with E-state index < -0.39 is 29.5 Å². The summed E-state index contributed by atoms with van der Waals surface area (Å²) < 4.78 is 11.4. The molecule has 6 nitrogen and oxygen atoms in total. The van der Waals surface area contributed by atoms with Crippen LogP contribution < -0.4 is 0 Å². The van der Waals surface area contributed by atoms with Crippen LogP contribution in [-0.4, -0.2) is 48.0 Å². The summed E-state index contributed by atoms with van der Waals surface area (Å²) in [4.78, 5) is 37.6. The molecule has 3 aliphatic rings. The molecule has 0 spiro atoms. The fourth-order valence-electron chi connectivity index (χ4n) is 3.60. The van der Waals surface area contributed by atoms with Gasteiger partial charge in [-0.1, -0.05) is 6.92 Å². The first-order valence-corrected chi connectivity index (χ1v) is 7.32. The van der Waals surface area contributed by atoms with E-state index in [0.29, 0.717) is 0 Å². The van der Waals surface area contributed by atoms with Gasteiger partial charge in [0.15, 0.2) is 0 Å². The summed E-state index contributed by atoms with van der Waals surface area (Å²) in [6, 6.07) is 0. The molecule has 0 saturated carbocycles. The average molecular weight is 295 g/mol. The zero-order valence-electron chi connectivity index (χ0n) is 13.0. The molecule has 6 unspecified atom stereocenters. The first-order valence-electron chi connectivity index (χ1n) is 7.32. The number of carbonyl (C=O) groups excluding carboxylic acids is 3. The van der Waals surface area contributed by atoms with Crippen LogP contribution in [-0.2, 0) is 23.9 Å². The van der Waals surface area contributed by atoms with Crippen molar-refractivity contribution in [3.8, 4) is 0 Å². The standard InChI is InChI=1S/C15H21NO5/c1-6-9-7-8(13(18)16(5)12(7)17)11(20-9)10(6)21-14(19)15(2,3)4/h6-11H,1-5H3. The van der Waals surface area contributed by atoms with Crippen LogP contribution in [0.15, 0.2) is 0 Å². The van der Waals surface area contributed by atoms with E-state index in [1.807, 2.05) is 6.92 Å². The summed E-state index contributed by atoms with van der Waals surface area (Å²) >= 11 is 0. The average Bonchev–Trinajstić information content (AvgIpc) is 2.98. The van der Waals surface area contributed by atoms with E-state index in [-0.39, 0.29) is 29.8 Å². The molecule has 0 radical (unpaired) electrons. The molecule has 6 atom stereocenters. The third kappa shape index (κ3) is 1.84. The van der Waals surface area contributed by atoms with Gasteiger partial charge in [0.2, 0.25) is 11.8 Å². The molecule has 0 N–H and O–H groups in total. The smallest absolute Gasteiger partial charge is 0.311 e. The Balaban J connectivity index is 1.84. The second kappa shape index (κ2) is 4.29. The molecule has 116 valence electrons. The molecule has 0 aromatic rings. The Labute approximate surface area is 123 Å². The molecule has 0 aliphatic carbocycles. The van der Waals surface area contributed by atoms with E-state index in [9.17, 15) is 14.4 Å². The minimum absolute atomic E-state index is 0.0780. The number of rotatable bonds is 1. The molecular formula is C15H21NO5. The lowest BCUT2D eigenvalue weighted by atomic mass is 9.74. The number of hydrogen-bond acceptors (Lipinski definition) is 5. The van der Waals surface area contributed by atoms with E-state index in [0.717, 1.165) is 0 Å². The normalized spacial score (nSPS) is 41.7. The van der Waals surface area contributed by atoms with Crippen LogP contribution in [0.3, 0.4) is 0 Å². The van der Waals surface area contributed by atoms with Gasteiger partial charge in [0.25, 0.3) is 0 Å². The fourth-order valence-corrected chi connectivity index (χ4v) is 3.60. The molecule has 3 fully saturated rings. The molecule has 3 heterocycles. The molecule has 21 heavy (non-hydrogen) atoms. The molecule has 0 aromatic heterocycles. The molecule has 0 aromatic carbocycles. The number of hydrogen-bond donors (Lipinski definition) is 0. The van der Waals surface area contributed by atoms with Gasteiger partial charge in [-0.2, -0.15) is 0 Å². The summed E-state index contributed by atoms with van der Waals surface area (Å²) in [5, 5.41) is 0. The monoisotopic (exact) mass is 295 g/mol. The van der Waals surface area contributed by atoms with Gasteiger partial charge in [-0.05, 0) is 20.8 Å². The lowest BCUT2D eigenvalue weighted by Gasteiger charge is -2.31. The van der Waals surface area contributed by atoms with Crippen LogP contribution in [0, 0.1) is 23.2 Å². The van der Waals surface area contributed by atoms with Gasteiger partial charge in [-0.3, -0.25) is 19.3 Å². The zero-order chi connectivity index (χ0) is 15.7. The number of amides is 2. The number of likely N-dealkylation sites (tertiary alicyclic amines) is 1. The Morgan fingerprint density at radius 1 is 1.14 bits per heavy atom. The van der Waals surface area contributed by atoms with E-state index >= 15 is 0 Å². The number of nitrogens with zero attached hydrogens (tertiary/aromatic N) is 1. The van der Waals surface area contributed by atoms with Gasteiger partial charge in [-0.25, -0.2) is 0 Å². The van der Waals surface area contributed by atoms with Crippen molar-refractivity contribution in [1.82, 2.24) is 4.90 Å². The first-order chi connectivity index (χ1) is 9.64. The van der Waals surface area contributed by atoms with Crippen molar-refractivity contribution in [2.24, 2.45) is 23.2 Å². The SMILES string of the molecule is CC1C(OC(=O)C(C)(C)C)C2OC1C1C(=O)N(C)C(=O)C21.